The van der Waals surface area contributed by atoms with Crippen molar-refractivity contribution in [3.05, 3.63) is 68.5 Å². The molecule has 10 nitrogen and oxygen atoms in total. The molecule has 1 aliphatic rings. The van der Waals surface area contributed by atoms with Gasteiger partial charge >= 0.3 is 11.7 Å². The van der Waals surface area contributed by atoms with Gasteiger partial charge in [-0.3, -0.25) is 14.3 Å². The summed E-state index contributed by atoms with van der Waals surface area (Å²) in [5, 5.41) is 19.0. The molecule has 156 valence electrons. The zero-order valence-electron chi connectivity index (χ0n) is 15.7. The first-order chi connectivity index (χ1) is 13.9. The van der Waals surface area contributed by atoms with Crippen molar-refractivity contribution in [1.82, 2.24) is 9.55 Å². The number of aliphatic hydroxyl groups excluding tert-OH is 2. The van der Waals surface area contributed by atoms with Crippen LogP contribution in [0.3, 0.4) is 0 Å². The maximum Gasteiger partial charge on any atom is 0.338 e. The number of esters is 1. The van der Waals surface area contributed by atoms with Crippen molar-refractivity contribution in [2.75, 3.05) is 26.4 Å². The number of benzene rings is 1. The normalized spacial score (nSPS) is 23.8. The van der Waals surface area contributed by atoms with Gasteiger partial charge in [-0.25, -0.2) is 9.59 Å². The highest BCUT2D eigenvalue weighted by Gasteiger charge is 2.55. The SMILES string of the molecule is Cc1cn([C@]2(OCCO)COC(CO)[C@H]2OC(=O)c2ccccc2)c(=O)[nH]c1=O. The Labute approximate surface area is 165 Å². The molecule has 1 aromatic carbocycles. The van der Waals surface area contributed by atoms with Crippen LogP contribution in [0.15, 0.2) is 46.1 Å². The topological polar surface area (TPSA) is 140 Å². The Morgan fingerprint density at radius 2 is 2.03 bits per heavy atom. The van der Waals surface area contributed by atoms with Gasteiger partial charge in [-0.2, -0.15) is 0 Å². The minimum absolute atomic E-state index is 0.203. The predicted octanol–water partition coefficient (Wildman–Crippen LogP) is -0.877. The van der Waals surface area contributed by atoms with Crippen LogP contribution >= 0.6 is 0 Å². The van der Waals surface area contributed by atoms with Crippen molar-refractivity contribution in [2.24, 2.45) is 0 Å². The van der Waals surface area contributed by atoms with Crippen LogP contribution in [0.25, 0.3) is 0 Å². The molecule has 3 N–H and O–H groups in total. The first kappa shape index (κ1) is 20.9. The molecule has 0 radical (unpaired) electrons. The molecule has 0 aliphatic carbocycles. The maximum atomic E-state index is 12.7. The van der Waals surface area contributed by atoms with Gasteiger partial charge in [0.2, 0.25) is 5.72 Å². The van der Waals surface area contributed by atoms with Gasteiger partial charge in [0.05, 0.1) is 32.0 Å². The molecule has 1 saturated heterocycles. The molecule has 1 aromatic heterocycles. The number of nitrogens with one attached hydrogen (secondary N) is 1. The summed E-state index contributed by atoms with van der Waals surface area (Å²) in [6, 6.07) is 8.17. The van der Waals surface area contributed by atoms with Crippen LogP contribution in [0.1, 0.15) is 15.9 Å². The van der Waals surface area contributed by atoms with Crippen LogP contribution in [0.5, 0.6) is 0 Å². The molecule has 2 heterocycles. The van der Waals surface area contributed by atoms with Gasteiger partial charge in [-0.05, 0) is 19.1 Å². The molecule has 3 rings (SSSR count). The molecule has 0 saturated carbocycles. The second kappa shape index (κ2) is 8.70. The second-order valence-corrected chi connectivity index (χ2v) is 6.58. The molecule has 10 heteroatoms. The lowest BCUT2D eigenvalue weighted by Gasteiger charge is -2.35. The van der Waals surface area contributed by atoms with E-state index >= 15 is 0 Å². The van der Waals surface area contributed by atoms with Gasteiger partial charge in [0.1, 0.15) is 6.10 Å². The fraction of sp³-hybridized carbons (Fsp3) is 0.421. The Hall–Kier alpha value is -2.79. The average molecular weight is 406 g/mol. The highest BCUT2D eigenvalue weighted by atomic mass is 16.6. The summed E-state index contributed by atoms with van der Waals surface area (Å²) in [4.78, 5) is 39.2. The summed E-state index contributed by atoms with van der Waals surface area (Å²) in [5.41, 5.74) is -2.58. The number of ether oxygens (including phenoxy) is 3. The fourth-order valence-electron chi connectivity index (χ4n) is 3.23. The lowest BCUT2D eigenvalue weighted by atomic mass is 10.0. The number of nitrogens with zero attached hydrogens (tertiary/aromatic N) is 1. The average Bonchev–Trinajstić information content (AvgIpc) is 3.07. The standard InChI is InChI=1S/C19H22N2O8/c1-12-9-21(18(26)20-16(12)24)19(28-8-7-22)11-27-14(10-23)15(19)29-17(25)13-5-3-2-4-6-13/h2-6,9,14-15,22-23H,7-8,10-11H2,1H3,(H,20,24,26)/t14?,15-,19+/m1/s1. The zero-order chi connectivity index (χ0) is 21.0. The Bertz CT molecular complexity index is 970. The summed E-state index contributed by atoms with van der Waals surface area (Å²) in [5.74, 6) is -0.703. The Morgan fingerprint density at radius 3 is 2.69 bits per heavy atom. The van der Waals surface area contributed by atoms with Crippen molar-refractivity contribution >= 4 is 5.97 Å². The van der Waals surface area contributed by atoms with Gasteiger partial charge in [0.15, 0.2) is 6.10 Å². The number of aryl methyl sites for hydroxylation is 1. The number of aromatic amines is 1. The number of hydrogen-bond donors (Lipinski definition) is 3. The molecule has 0 spiro atoms. The van der Waals surface area contributed by atoms with E-state index in [-0.39, 0.29) is 30.9 Å². The van der Waals surface area contributed by atoms with Crippen LogP contribution in [0.4, 0.5) is 0 Å². The van der Waals surface area contributed by atoms with Crippen molar-refractivity contribution in [2.45, 2.75) is 24.9 Å². The lowest BCUT2D eigenvalue weighted by Crippen LogP contribution is -2.56. The molecule has 29 heavy (non-hydrogen) atoms. The van der Waals surface area contributed by atoms with E-state index in [1.54, 1.807) is 30.3 Å². The van der Waals surface area contributed by atoms with E-state index < -0.39 is 41.8 Å². The van der Waals surface area contributed by atoms with Crippen molar-refractivity contribution in [3.63, 3.8) is 0 Å². The molecule has 1 unspecified atom stereocenters. The summed E-state index contributed by atoms with van der Waals surface area (Å²) in [6.45, 7) is 0.163. The van der Waals surface area contributed by atoms with Gasteiger partial charge in [0.25, 0.3) is 5.56 Å². The van der Waals surface area contributed by atoms with E-state index in [1.165, 1.54) is 13.1 Å². The number of rotatable bonds is 7. The molecule has 0 bridgehead atoms. The summed E-state index contributed by atoms with van der Waals surface area (Å²) in [6.07, 6.45) is -0.944. The van der Waals surface area contributed by atoms with Crippen molar-refractivity contribution in [3.8, 4) is 0 Å². The summed E-state index contributed by atoms with van der Waals surface area (Å²) < 4.78 is 18.0. The zero-order valence-corrected chi connectivity index (χ0v) is 15.7. The van der Waals surface area contributed by atoms with Crippen LogP contribution in [0, 0.1) is 6.92 Å². The van der Waals surface area contributed by atoms with Gasteiger partial charge in [-0.15, -0.1) is 0 Å². The Balaban J connectivity index is 2.08. The molecular weight excluding hydrogens is 384 g/mol. The molecule has 2 aromatic rings. The van der Waals surface area contributed by atoms with Gasteiger partial charge in [-0.1, -0.05) is 18.2 Å². The highest BCUT2D eigenvalue weighted by Crippen LogP contribution is 2.35. The van der Waals surface area contributed by atoms with Crippen molar-refractivity contribution < 1.29 is 29.2 Å². The van der Waals surface area contributed by atoms with Crippen LogP contribution < -0.4 is 11.2 Å². The van der Waals surface area contributed by atoms with E-state index in [1.807, 2.05) is 0 Å². The molecule has 1 aliphatic heterocycles. The third-order valence-corrected chi connectivity index (χ3v) is 4.68. The predicted molar refractivity (Wildman–Crippen MR) is 99.5 cm³/mol. The number of hydrogen-bond acceptors (Lipinski definition) is 8. The minimum atomic E-state index is -1.69. The van der Waals surface area contributed by atoms with E-state index in [9.17, 15) is 24.6 Å². The smallest absolute Gasteiger partial charge is 0.338 e. The second-order valence-electron chi connectivity index (χ2n) is 6.58. The Kier molecular flexibility index (Phi) is 6.28. The monoisotopic (exact) mass is 406 g/mol. The first-order valence-corrected chi connectivity index (χ1v) is 8.99. The van der Waals surface area contributed by atoms with Crippen LogP contribution in [-0.4, -0.2) is 64.4 Å². The quantitative estimate of drug-likeness (QED) is 0.504. The summed E-state index contributed by atoms with van der Waals surface area (Å²) >= 11 is 0. The van der Waals surface area contributed by atoms with E-state index in [2.05, 4.69) is 4.98 Å². The maximum absolute atomic E-state index is 12.7. The third kappa shape index (κ3) is 4.01. The number of H-pyrrole nitrogens is 1. The number of aliphatic hydroxyl groups is 2. The fourth-order valence-corrected chi connectivity index (χ4v) is 3.23. The Morgan fingerprint density at radius 1 is 1.31 bits per heavy atom. The highest BCUT2D eigenvalue weighted by molar-refractivity contribution is 5.89. The van der Waals surface area contributed by atoms with Gasteiger partial charge < -0.3 is 24.4 Å². The molecular formula is C19H22N2O8. The van der Waals surface area contributed by atoms with Crippen molar-refractivity contribution in [1.29, 1.82) is 0 Å². The van der Waals surface area contributed by atoms with E-state index in [0.29, 0.717) is 0 Å². The first-order valence-electron chi connectivity index (χ1n) is 8.99. The minimum Gasteiger partial charge on any atom is -0.451 e. The summed E-state index contributed by atoms with van der Waals surface area (Å²) in [7, 11) is 0. The molecule has 1 fully saturated rings. The van der Waals surface area contributed by atoms with E-state index in [4.69, 9.17) is 14.2 Å². The third-order valence-electron chi connectivity index (χ3n) is 4.68. The lowest BCUT2D eigenvalue weighted by molar-refractivity contribution is -0.169. The van der Waals surface area contributed by atoms with Crippen LogP contribution in [0.2, 0.25) is 0 Å². The largest absolute Gasteiger partial charge is 0.451 e. The molecule has 0 amide bonds. The number of aromatic nitrogens is 2. The molecule has 3 atom stereocenters. The van der Waals surface area contributed by atoms with E-state index in [0.717, 1.165) is 4.57 Å². The van der Waals surface area contributed by atoms with Crippen LogP contribution in [-0.2, 0) is 19.9 Å². The van der Waals surface area contributed by atoms with Gasteiger partial charge in [0, 0.05) is 11.8 Å². The number of carbonyl (C=O) groups excluding carboxylic acids is 1. The number of carbonyl (C=O) groups is 1.